The number of benzene rings is 1. The molecule has 4 rings (SSSR count). The molecule has 5 heteroatoms. The van der Waals surface area contributed by atoms with E-state index < -0.39 is 0 Å². The summed E-state index contributed by atoms with van der Waals surface area (Å²) >= 11 is 0. The number of hydrogen-bond donors (Lipinski definition) is 2. The summed E-state index contributed by atoms with van der Waals surface area (Å²) in [7, 11) is 0. The molecule has 0 unspecified atom stereocenters. The Bertz CT molecular complexity index is 667. The van der Waals surface area contributed by atoms with Crippen molar-refractivity contribution in [1.82, 2.24) is 20.5 Å². The third-order valence-electron chi connectivity index (χ3n) is 4.91. The van der Waals surface area contributed by atoms with Crippen molar-refractivity contribution in [3.05, 3.63) is 47.5 Å². The molecule has 0 aliphatic heterocycles. The Labute approximate surface area is 123 Å². The zero-order chi connectivity index (χ0) is 14.3. The fraction of sp³-hybridized carbons (Fsp3) is 0.438. The number of aromatic nitrogens is 3. The molecule has 1 spiro atoms. The van der Waals surface area contributed by atoms with Crippen LogP contribution in [0, 0.1) is 5.92 Å². The summed E-state index contributed by atoms with van der Waals surface area (Å²) in [6.45, 7) is 0.424. The van der Waals surface area contributed by atoms with Gasteiger partial charge in [0.1, 0.15) is 12.2 Å². The van der Waals surface area contributed by atoms with Gasteiger partial charge in [-0.2, -0.15) is 5.10 Å². The van der Waals surface area contributed by atoms with Crippen LogP contribution in [0.25, 0.3) is 0 Å². The van der Waals surface area contributed by atoms with Gasteiger partial charge in [-0.15, -0.1) is 0 Å². The average molecular weight is 282 g/mol. The highest BCUT2D eigenvalue weighted by molar-refractivity contribution is 5.84. The van der Waals surface area contributed by atoms with Gasteiger partial charge in [-0.3, -0.25) is 9.89 Å². The van der Waals surface area contributed by atoms with Crippen molar-refractivity contribution in [2.24, 2.45) is 5.92 Å². The van der Waals surface area contributed by atoms with Crippen molar-refractivity contribution in [2.45, 2.75) is 37.6 Å². The molecule has 2 atom stereocenters. The number of H-pyrrole nitrogens is 1. The van der Waals surface area contributed by atoms with E-state index in [1.807, 2.05) is 0 Å². The van der Waals surface area contributed by atoms with Crippen LogP contribution in [-0.2, 0) is 23.2 Å². The lowest BCUT2D eigenvalue weighted by molar-refractivity contribution is -0.123. The highest BCUT2D eigenvalue weighted by atomic mass is 16.2. The minimum Gasteiger partial charge on any atom is -0.349 e. The van der Waals surface area contributed by atoms with Gasteiger partial charge in [0, 0.05) is 11.3 Å². The highest BCUT2D eigenvalue weighted by Gasteiger charge is 2.59. The van der Waals surface area contributed by atoms with E-state index in [0.29, 0.717) is 12.4 Å². The van der Waals surface area contributed by atoms with Gasteiger partial charge in [0.25, 0.3) is 0 Å². The molecule has 1 heterocycles. The Morgan fingerprint density at radius 3 is 3.19 bits per heavy atom. The van der Waals surface area contributed by atoms with Gasteiger partial charge in [0.05, 0.1) is 6.54 Å². The van der Waals surface area contributed by atoms with E-state index in [1.54, 1.807) is 0 Å². The van der Waals surface area contributed by atoms with Crippen LogP contribution in [0.3, 0.4) is 0 Å². The Morgan fingerprint density at radius 2 is 2.33 bits per heavy atom. The van der Waals surface area contributed by atoms with Crippen LogP contribution in [0.1, 0.15) is 36.2 Å². The second-order valence-electron chi connectivity index (χ2n) is 6.07. The van der Waals surface area contributed by atoms with E-state index in [9.17, 15) is 4.79 Å². The van der Waals surface area contributed by atoms with Gasteiger partial charge in [-0.25, -0.2) is 4.98 Å². The molecule has 1 amide bonds. The van der Waals surface area contributed by atoms with Gasteiger partial charge in [0.15, 0.2) is 0 Å². The molecule has 1 aromatic heterocycles. The van der Waals surface area contributed by atoms with Crippen molar-refractivity contribution in [2.75, 3.05) is 0 Å². The quantitative estimate of drug-likeness (QED) is 0.900. The van der Waals surface area contributed by atoms with Crippen LogP contribution in [0.15, 0.2) is 30.6 Å². The van der Waals surface area contributed by atoms with E-state index in [-0.39, 0.29) is 17.2 Å². The number of nitrogens with zero attached hydrogens (tertiary/aromatic N) is 2. The molecule has 1 saturated carbocycles. The third kappa shape index (κ3) is 2.04. The van der Waals surface area contributed by atoms with Crippen molar-refractivity contribution in [3.63, 3.8) is 0 Å². The van der Waals surface area contributed by atoms with E-state index in [2.05, 4.69) is 44.8 Å². The molecule has 0 bridgehead atoms. The fourth-order valence-corrected chi connectivity index (χ4v) is 3.79. The average Bonchev–Trinajstić information content (AvgIpc) is 2.98. The molecule has 0 saturated heterocycles. The third-order valence-corrected chi connectivity index (χ3v) is 4.91. The second kappa shape index (κ2) is 4.69. The number of aryl methyl sites for hydroxylation is 1. The van der Waals surface area contributed by atoms with Crippen LogP contribution in [0.5, 0.6) is 0 Å². The SMILES string of the molecule is O=C(NCc1ncn[nH]1)[C@H]1C[C@@]12CCCc1ccccc12. The van der Waals surface area contributed by atoms with Gasteiger partial charge >= 0.3 is 0 Å². The molecule has 1 fully saturated rings. The smallest absolute Gasteiger partial charge is 0.224 e. The van der Waals surface area contributed by atoms with Gasteiger partial charge in [0.2, 0.25) is 5.91 Å². The largest absolute Gasteiger partial charge is 0.349 e. The van der Waals surface area contributed by atoms with E-state index in [4.69, 9.17) is 0 Å². The molecule has 108 valence electrons. The highest BCUT2D eigenvalue weighted by Crippen LogP contribution is 2.60. The maximum atomic E-state index is 12.4. The Morgan fingerprint density at radius 1 is 1.43 bits per heavy atom. The molecule has 0 radical (unpaired) electrons. The first-order valence-corrected chi connectivity index (χ1v) is 7.50. The van der Waals surface area contributed by atoms with Gasteiger partial charge in [-0.05, 0) is 36.8 Å². The second-order valence-corrected chi connectivity index (χ2v) is 6.07. The Hall–Kier alpha value is -2.17. The topological polar surface area (TPSA) is 70.7 Å². The number of carbonyl (C=O) groups is 1. The first kappa shape index (κ1) is 12.6. The number of fused-ring (bicyclic) bond motifs is 2. The summed E-state index contributed by atoms with van der Waals surface area (Å²) in [4.78, 5) is 16.4. The minimum atomic E-state index is 0.0976. The number of rotatable bonds is 3. The van der Waals surface area contributed by atoms with Crippen LogP contribution in [-0.4, -0.2) is 21.1 Å². The van der Waals surface area contributed by atoms with Crippen molar-refractivity contribution in [1.29, 1.82) is 0 Å². The summed E-state index contributed by atoms with van der Waals surface area (Å²) in [5, 5.41) is 9.53. The van der Waals surface area contributed by atoms with Crippen LogP contribution in [0.2, 0.25) is 0 Å². The zero-order valence-corrected chi connectivity index (χ0v) is 11.8. The first-order valence-electron chi connectivity index (χ1n) is 7.50. The number of amides is 1. The van der Waals surface area contributed by atoms with E-state index in [0.717, 1.165) is 19.3 Å². The Balaban J connectivity index is 1.49. The maximum Gasteiger partial charge on any atom is 0.224 e. The molecule has 5 nitrogen and oxygen atoms in total. The number of hydrogen-bond acceptors (Lipinski definition) is 3. The molecule has 2 aliphatic carbocycles. The van der Waals surface area contributed by atoms with E-state index in [1.165, 1.54) is 23.9 Å². The number of carbonyl (C=O) groups excluding carboxylic acids is 1. The molecule has 21 heavy (non-hydrogen) atoms. The lowest BCUT2D eigenvalue weighted by Gasteiger charge is -2.26. The monoisotopic (exact) mass is 282 g/mol. The normalized spacial score (nSPS) is 26.4. The summed E-state index contributed by atoms with van der Waals surface area (Å²) < 4.78 is 0. The predicted octanol–water partition coefficient (Wildman–Crippen LogP) is 1.72. The molecule has 1 aromatic carbocycles. The molecular formula is C16H18N4O. The standard InChI is InChI=1S/C16H18N4O/c21-15(17-9-14-18-10-19-20-14)13-8-16(13)7-3-5-11-4-1-2-6-12(11)16/h1-2,4,6,10,13H,3,5,7-9H2,(H,17,21)(H,18,19,20)/t13-,16-/m1/s1. The summed E-state index contributed by atoms with van der Waals surface area (Å²) in [6.07, 6.45) is 5.89. The fourth-order valence-electron chi connectivity index (χ4n) is 3.79. The maximum absolute atomic E-state index is 12.4. The predicted molar refractivity (Wildman–Crippen MR) is 77.4 cm³/mol. The first-order chi connectivity index (χ1) is 10.3. The van der Waals surface area contributed by atoms with Crippen molar-refractivity contribution >= 4 is 5.91 Å². The molecule has 2 aliphatic rings. The van der Waals surface area contributed by atoms with Crippen molar-refractivity contribution in [3.8, 4) is 0 Å². The lowest BCUT2D eigenvalue weighted by atomic mass is 9.78. The van der Waals surface area contributed by atoms with Crippen LogP contribution < -0.4 is 5.32 Å². The minimum absolute atomic E-state index is 0.0976. The van der Waals surface area contributed by atoms with Crippen molar-refractivity contribution < 1.29 is 4.79 Å². The molecular weight excluding hydrogens is 264 g/mol. The molecule has 2 aromatic rings. The van der Waals surface area contributed by atoms with E-state index >= 15 is 0 Å². The number of aromatic amines is 1. The zero-order valence-electron chi connectivity index (χ0n) is 11.8. The summed E-state index contributed by atoms with van der Waals surface area (Å²) in [6, 6.07) is 8.60. The molecule has 2 N–H and O–H groups in total. The van der Waals surface area contributed by atoms with Gasteiger partial charge in [-0.1, -0.05) is 24.3 Å². The van der Waals surface area contributed by atoms with Crippen LogP contribution >= 0.6 is 0 Å². The number of nitrogens with one attached hydrogen (secondary N) is 2. The lowest BCUT2D eigenvalue weighted by Crippen LogP contribution is -2.30. The van der Waals surface area contributed by atoms with Gasteiger partial charge < -0.3 is 5.32 Å². The van der Waals surface area contributed by atoms with Crippen LogP contribution in [0.4, 0.5) is 0 Å². The summed E-state index contributed by atoms with van der Waals surface area (Å²) in [5.74, 6) is 0.951. The Kier molecular flexibility index (Phi) is 2.80. The summed E-state index contributed by atoms with van der Waals surface area (Å²) in [5.41, 5.74) is 2.92.